The Morgan fingerprint density at radius 1 is 0.273 bits per heavy atom. The molecule has 430 valence electrons. The smallest absolute Gasteiger partial charge is 0.306 e. The van der Waals surface area contributed by atoms with E-state index in [-0.39, 0.29) is 31.1 Å². The van der Waals surface area contributed by atoms with E-state index in [0.717, 1.165) is 154 Å². The predicted molar refractivity (Wildman–Crippen MR) is 334 cm³/mol. The van der Waals surface area contributed by atoms with Gasteiger partial charge in [-0.05, 0) is 135 Å². The van der Waals surface area contributed by atoms with Gasteiger partial charge in [0, 0.05) is 19.3 Å². The van der Waals surface area contributed by atoms with E-state index in [1.165, 1.54) is 38.5 Å². The summed E-state index contributed by atoms with van der Waals surface area (Å²) in [5.41, 5.74) is 0. The largest absolute Gasteiger partial charge is 0.462 e. The second-order valence-electron chi connectivity index (χ2n) is 19.5. The van der Waals surface area contributed by atoms with Gasteiger partial charge in [-0.15, -0.1) is 0 Å². The Bertz CT molecular complexity index is 1790. The number of unbranched alkanes of at least 4 members (excludes halogenated alkanes) is 14. The van der Waals surface area contributed by atoms with Gasteiger partial charge in [0.1, 0.15) is 13.2 Å². The molecule has 1 atom stereocenters. The Kier molecular flexibility index (Phi) is 59.0. The molecule has 1 unspecified atom stereocenters. The number of allylic oxidation sites excluding steroid dienone is 28. The van der Waals surface area contributed by atoms with Gasteiger partial charge in [0.2, 0.25) is 0 Å². The van der Waals surface area contributed by atoms with Crippen molar-refractivity contribution in [3.63, 3.8) is 0 Å². The van der Waals surface area contributed by atoms with Crippen LogP contribution in [0.4, 0.5) is 0 Å². The second kappa shape index (κ2) is 63.3. The molecule has 0 spiro atoms. The van der Waals surface area contributed by atoms with Crippen LogP contribution in [0.2, 0.25) is 0 Å². The summed E-state index contributed by atoms with van der Waals surface area (Å²) in [7, 11) is 0. The average Bonchev–Trinajstić information content (AvgIpc) is 3.43. The van der Waals surface area contributed by atoms with Crippen LogP contribution in [-0.2, 0) is 28.6 Å². The summed E-state index contributed by atoms with van der Waals surface area (Å²) in [6.07, 6.45) is 93.7. The molecule has 0 bridgehead atoms. The standard InChI is InChI=1S/C71H110O6/c1-4-7-10-13-16-18-20-22-24-26-28-30-32-34-35-37-38-40-42-44-46-48-50-52-55-58-61-64-70(73)76-67-68(66-75-69(72)63-60-57-54-15-12-9-6-3)77-71(74)65-62-59-56-53-51-49-47-45-43-41-39-36-33-31-29-27-25-23-21-19-17-14-11-8-5-2/h7-8,10-11,16-19,22-25,28-31,34-36,38-40,43-46,50,52,68H,4-6,9,12-15,20-21,26-27,32-33,37,41-42,47-49,51,53-67H2,1-3H3/b10-7-,11-8-,18-16-,19-17-,24-22-,25-23-,30-28-,31-29-,35-34-,39-36-,40-38-,45-43-,46-44-,52-50-. The Hall–Kier alpha value is -5.23. The van der Waals surface area contributed by atoms with Crippen molar-refractivity contribution in [3.8, 4) is 0 Å². The Morgan fingerprint density at radius 3 is 0.818 bits per heavy atom. The molecule has 0 aliphatic heterocycles. The van der Waals surface area contributed by atoms with E-state index in [1.54, 1.807) is 0 Å². The van der Waals surface area contributed by atoms with Gasteiger partial charge in [0.25, 0.3) is 0 Å². The minimum Gasteiger partial charge on any atom is -0.462 e. The van der Waals surface area contributed by atoms with Gasteiger partial charge in [-0.25, -0.2) is 0 Å². The molecule has 0 saturated heterocycles. The SMILES string of the molecule is CC/C=C\C/C=C\C/C=C\C/C=C\C/C=C\C/C=C\C/C=C\C/C=C\CCCCC(=O)OCC(COC(=O)CCCCCCCCC)OC(=O)CCCCCCCC/C=C\C/C=C\C/C=C\C/C=C\C/C=C\C/C=C\CC. The van der Waals surface area contributed by atoms with Crippen LogP contribution >= 0.6 is 0 Å². The molecule has 0 aromatic rings. The zero-order valence-corrected chi connectivity index (χ0v) is 49.1. The maximum Gasteiger partial charge on any atom is 0.306 e. The third-order valence-electron chi connectivity index (χ3n) is 12.2. The van der Waals surface area contributed by atoms with E-state index in [2.05, 4.69) is 191 Å². The molecule has 0 aromatic carbocycles. The number of esters is 3. The van der Waals surface area contributed by atoms with Gasteiger partial charge in [-0.3, -0.25) is 14.4 Å². The topological polar surface area (TPSA) is 78.9 Å². The molecule has 6 nitrogen and oxygen atoms in total. The highest BCUT2D eigenvalue weighted by Gasteiger charge is 2.19. The van der Waals surface area contributed by atoms with E-state index in [1.807, 2.05) is 0 Å². The van der Waals surface area contributed by atoms with Crippen molar-refractivity contribution in [2.45, 2.75) is 245 Å². The number of hydrogen-bond acceptors (Lipinski definition) is 6. The van der Waals surface area contributed by atoms with E-state index in [4.69, 9.17) is 14.2 Å². The molecule has 0 radical (unpaired) electrons. The summed E-state index contributed by atoms with van der Waals surface area (Å²) in [5, 5.41) is 0. The van der Waals surface area contributed by atoms with Crippen LogP contribution in [0.15, 0.2) is 170 Å². The van der Waals surface area contributed by atoms with Crippen molar-refractivity contribution in [1.82, 2.24) is 0 Å². The van der Waals surface area contributed by atoms with Gasteiger partial charge in [-0.1, -0.05) is 255 Å². The molecule has 6 heteroatoms. The normalized spacial score (nSPS) is 13.3. The molecular weight excluding hydrogens is 949 g/mol. The fourth-order valence-electron chi connectivity index (χ4n) is 7.69. The lowest BCUT2D eigenvalue weighted by molar-refractivity contribution is -0.167. The van der Waals surface area contributed by atoms with Gasteiger partial charge in [-0.2, -0.15) is 0 Å². The van der Waals surface area contributed by atoms with Crippen molar-refractivity contribution in [2.24, 2.45) is 0 Å². The minimum atomic E-state index is -0.811. The van der Waals surface area contributed by atoms with Crippen LogP contribution in [0.1, 0.15) is 239 Å². The first kappa shape index (κ1) is 71.8. The highest BCUT2D eigenvalue weighted by atomic mass is 16.6. The molecular formula is C71H110O6. The molecule has 0 aromatic heterocycles. The first-order chi connectivity index (χ1) is 38.0. The lowest BCUT2D eigenvalue weighted by Crippen LogP contribution is -2.30. The van der Waals surface area contributed by atoms with Gasteiger partial charge in [0.05, 0.1) is 0 Å². The number of rotatable bonds is 53. The van der Waals surface area contributed by atoms with E-state index < -0.39 is 6.10 Å². The minimum absolute atomic E-state index is 0.105. The number of carbonyl (C=O) groups excluding carboxylic acids is 3. The summed E-state index contributed by atoms with van der Waals surface area (Å²) in [4.78, 5) is 38.0. The fourth-order valence-corrected chi connectivity index (χ4v) is 7.69. The first-order valence-electron chi connectivity index (χ1n) is 30.6. The number of ether oxygens (including phenoxy) is 3. The van der Waals surface area contributed by atoms with Crippen molar-refractivity contribution >= 4 is 17.9 Å². The van der Waals surface area contributed by atoms with Crippen molar-refractivity contribution in [2.75, 3.05) is 13.2 Å². The van der Waals surface area contributed by atoms with E-state index >= 15 is 0 Å². The molecule has 0 aliphatic rings. The van der Waals surface area contributed by atoms with Crippen LogP contribution in [-0.4, -0.2) is 37.2 Å². The molecule has 0 fully saturated rings. The highest BCUT2D eigenvalue weighted by molar-refractivity contribution is 5.71. The third kappa shape index (κ3) is 61.5. The molecule has 77 heavy (non-hydrogen) atoms. The fraction of sp³-hybridized carbons (Fsp3) is 0.563. The van der Waals surface area contributed by atoms with Crippen LogP contribution in [0.3, 0.4) is 0 Å². The molecule has 0 heterocycles. The monoisotopic (exact) mass is 1060 g/mol. The summed E-state index contributed by atoms with van der Waals surface area (Å²) in [6, 6.07) is 0. The second-order valence-corrected chi connectivity index (χ2v) is 19.5. The van der Waals surface area contributed by atoms with Crippen LogP contribution < -0.4 is 0 Å². The maximum atomic E-state index is 12.8. The molecule has 0 saturated carbocycles. The van der Waals surface area contributed by atoms with Crippen molar-refractivity contribution in [1.29, 1.82) is 0 Å². The zero-order chi connectivity index (χ0) is 55.7. The summed E-state index contributed by atoms with van der Waals surface area (Å²) in [6.45, 7) is 6.30. The average molecular weight is 1060 g/mol. The van der Waals surface area contributed by atoms with Gasteiger partial charge >= 0.3 is 17.9 Å². The van der Waals surface area contributed by atoms with Crippen LogP contribution in [0.5, 0.6) is 0 Å². The molecule has 0 aliphatic carbocycles. The van der Waals surface area contributed by atoms with Crippen LogP contribution in [0.25, 0.3) is 0 Å². The summed E-state index contributed by atoms with van der Waals surface area (Å²) in [5.74, 6) is -0.982. The van der Waals surface area contributed by atoms with Crippen molar-refractivity contribution in [3.05, 3.63) is 170 Å². The third-order valence-corrected chi connectivity index (χ3v) is 12.2. The summed E-state index contributed by atoms with van der Waals surface area (Å²) < 4.78 is 16.8. The van der Waals surface area contributed by atoms with Gasteiger partial charge in [0.15, 0.2) is 6.10 Å². The van der Waals surface area contributed by atoms with Crippen molar-refractivity contribution < 1.29 is 28.6 Å². The van der Waals surface area contributed by atoms with E-state index in [0.29, 0.717) is 25.7 Å². The quantitative estimate of drug-likeness (QED) is 0.0261. The molecule has 0 amide bonds. The first-order valence-corrected chi connectivity index (χ1v) is 30.6. The lowest BCUT2D eigenvalue weighted by Gasteiger charge is -2.18. The number of hydrogen-bond donors (Lipinski definition) is 0. The summed E-state index contributed by atoms with van der Waals surface area (Å²) >= 11 is 0. The number of carbonyl (C=O) groups is 3. The lowest BCUT2D eigenvalue weighted by atomic mass is 10.1. The Morgan fingerprint density at radius 2 is 0.506 bits per heavy atom. The zero-order valence-electron chi connectivity index (χ0n) is 49.1. The Balaban J connectivity index is 4.34. The van der Waals surface area contributed by atoms with Crippen LogP contribution in [0, 0.1) is 0 Å². The predicted octanol–water partition coefficient (Wildman–Crippen LogP) is 21.1. The molecule has 0 N–H and O–H groups in total. The van der Waals surface area contributed by atoms with Gasteiger partial charge < -0.3 is 14.2 Å². The maximum absolute atomic E-state index is 12.8. The Labute approximate surface area is 472 Å². The molecule has 0 rings (SSSR count). The van der Waals surface area contributed by atoms with E-state index in [9.17, 15) is 14.4 Å². The highest BCUT2D eigenvalue weighted by Crippen LogP contribution is 2.13.